The van der Waals surface area contributed by atoms with Crippen molar-refractivity contribution >= 4 is 10.9 Å². The molecule has 0 bridgehead atoms. The summed E-state index contributed by atoms with van der Waals surface area (Å²) in [6.07, 6.45) is 0.398. The molecular weight excluding hydrogens is 403 g/mol. The van der Waals surface area contributed by atoms with Crippen LogP contribution in [0.1, 0.15) is 18.7 Å². The molecule has 0 aliphatic heterocycles. The zero-order valence-electron chi connectivity index (χ0n) is 15.4. The predicted molar refractivity (Wildman–Crippen MR) is 98.7 cm³/mol. The van der Waals surface area contributed by atoms with E-state index in [0.717, 1.165) is 12.3 Å². The smallest absolute Gasteiger partial charge is 0.394 e. The van der Waals surface area contributed by atoms with E-state index in [9.17, 15) is 23.1 Å². The second kappa shape index (κ2) is 7.30. The zero-order chi connectivity index (χ0) is 21.5. The van der Waals surface area contributed by atoms with Gasteiger partial charge in [-0.2, -0.15) is 18.3 Å². The molecule has 4 aromatic heterocycles. The molecule has 0 fully saturated rings. The standard InChI is InChI=1S/C18H14F3N7O2/c1-10(6-29)27-9-24-15-12(17(27)30)4-13(26-16(15)28-8-22-7-25-28)11-2-3-14(23-5-11)18(19,20)21/h2-5,7-10,29H,6H2,1H3/t10-/m0/s1. The van der Waals surface area contributed by atoms with E-state index in [4.69, 9.17) is 0 Å². The van der Waals surface area contributed by atoms with Crippen molar-refractivity contribution in [2.45, 2.75) is 19.1 Å². The molecule has 9 nitrogen and oxygen atoms in total. The first kappa shape index (κ1) is 19.6. The third-order valence-electron chi connectivity index (χ3n) is 4.48. The van der Waals surface area contributed by atoms with Gasteiger partial charge in [0.2, 0.25) is 0 Å². The Hall–Kier alpha value is -3.67. The molecule has 4 aromatic rings. The lowest BCUT2D eigenvalue weighted by molar-refractivity contribution is -0.141. The van der Waals surface area contributed by atoms with Crippen molar-refractivity contribution in [2.24, 2.45) is 0 Å². The van der Waals surface area contributed by atoms with Crippen molar-refractivity contribution in [1.29, 1.82) is 0 Å². The molecule has 30 heavy (non-hydrogen) atoms. The van der Waals surface area contributed by atoms with Crippen molar-refractivity contribution in [3.63, 3.8) is 0 Å². The van der Waals surface area contributed by atoms with Crippen LogP contribution in [0.25, 0.3) is 28.0 Å². The molecule has 0 aromatic carbocycles. The average Bonchev–Trinajstić information content (AvgIpc) is 3.27. The summed E-state index contributed by atoms with van der Waals surface area (Å²) in [6, 6.07) is 2.97. The van der Waals surface area contributed by atoms with Crippen molar-refractivity contribution in [1.82, 2.24) is 34.3 Å². The molecule has 0 saturated carbocycles. The van der Waals surface area contributed by atoms with Gasteiger partial charge in [-0.25, -0.2) is 19.6 Å². The molecule has 0 spiro atoms. The fraction of sp³-hybridized carbons (Fsp3) is 0.222. The maximum Gasteiger partial charge on any atom is 0.433 e. The summed E-state index contributed by atoms with van der Waals surface area (Å²) < 4.78 is 41.0. The van der Waals surface area contributed by atoms with Crippen molar-refractivity contribution < 1.29 is 18.3 Å². The topological polar surface area (TPSA) is 112 Å². The van der Waals surface area contributed by atoms with Gasteiger partial charge in [-0.1, -0.05) is 0 Å². The second-order valence-electron chi connectivity index (χ2n) is 6.49. The molecule has 12 heteroatoms. The highest BCUT2D eigenvalue weighted by atomic mass is 19.4. The van der Waals surface area contributed by atoms with E-state index >= 15 is 0 Å². The van der Waals surface area contributed by atoms with E-state index in [2.05, 4.69) is 25.0 Å². The monoisotopic (exact) mass is 417 g/mol. The van der Waals surface area contributed by atoms with Gasteiger partial charge in [-0.05, 0) is 25.1 Å². The molecule has 0 amide bonds. The SMILES string of the molecule is C[C@@H](CO)n1cnc2c(-n3cncn3)nc(-c3ccc(C(F)(F)F)nc3)cc2c1=O. The van der Waals surface area contributed by atoms with Crippen LogP contribution in [0.3, 0.4) is 0 Å². The number of aliphatic hydroxyl groups is 1. The summed E-state index contributed by atoms with van der Waals surface area (Å²) in [4.78, 5) is 29.0. The van der Waals surface area contributed by atoms with E-state index in [-0.39, 0.29) is 34.6 Å². The van der Waals surface area contributed by atoms with Crippen molar-refractivity contribution in [3.8, 4) is 17.1 Å². The van der Waals surface area contributed by atoms with Gasteiger partial charge in [0.05, 0.1) is 30.1 Å². The number of aromatic nitrogens is 7. The van der Waals surface area contributed by atoms with Crippen molar-refractivity contribution in [3.05, 3.63) is 59.4 Å². The normalized spacial score (nSPS) is 13.0. The van der Waals surface area contributed by atoms with Gasteiger partial charge in [0.25, 0.3) is 5.56 Å². The molecule has 4 rings (SSSR count). The number of fused-ring (bicyclic) bond motifs is 1. The molecule has 4 heterocycles. The van der Waals surface area contributed by atoms with Gasteiger partial charge in [0.15, 0.2) is 5.82 Å². The number of pyridine rings is 2. The van der Waals surface area contributed by atoms with Crippen LogP contribution in [-0.2, 0) is 6.18 Å². The minimum Gasteiger partial charge on any atom is -0.394 e. The van der Waals surface area contributed by atoms with E-state index in [1.807, 2.05) is 0 Å². The lowest BCUT2D eigenvalue weighted by Crippen LogP contribution is -2.26. The third-order valence-corrected chi connectivity index (χ3v) is 4.48. The van der Waals surface area contributed by atoms with Gasteiger partial charge < -0.3 is 5.11 Å². The number of alkyl halides is 3. The van der Waals surface area contributed by atoms with Crippen LogP contribution in [0.4, 0.5) is 13.2 Å². The minimum absolute atomic E-state index is 0.160. The molecule has 0 aliphatic rings. The quantitative estimate of drug-likeness (QED) is 0.541. The maximum atomic E-state index is 13.0. The Balaban J connectivity index is 1.96. The molecule has 154 valence electrons. The van der Waals surface area contributed by atoms with Gasteiger partial charge in [0.1, 0.15) is 23.9 Å². The summed E-state index contributed by atoms with van der Waals surface area (Å²) >= 11 is 0. The van der Waals surface area contributed by atoms with E-state index in [0.29, 0.717) is 0 Å². The fourth-order valence-corrected chi connectivity index (χ4v) is 2.87. The Morgan fingerprint density at radius 2 is 2.00 bits per heavy atom. The first-order valence-electron chi connectivity index (χ1n) is 8.71. The van der Waals surface area contributed by atoms with Gasteiger partial charge in [0, 0.05) is 11.8 Å². The fourth-order valence-electron chi connectivity index (χ4n) is 2.87. The number of aliphatic hydroxyl groups excluding tert-OH is 1. The number of rotatable bonds is 4. The Kier molecular flexibility index (Phi) is 4.78. The predicted octanol–water partition coefficient (Wildman–Crippen LogP) is 2.01. The Morgan fingerprint density at radius 3 is 2.60 bits per heavy atom. The van der Waals surface area contributed by atoms with Gasteiger partial charge in [-0.15, -0.1) is 0 Å². The van der Waals surface area contributed by atoms with E-state index in [1.54, 1.807) is 6.92 Å². The summed E-state index contributed by atoms with van der Waals surface area (Å²) in [7, 11) is 0. The van der Waals surface area contributed by atoms with Crippen LogP contribution in [0, 0.1) is 0 Å². The highest BCUT2D eigenvalue weighted by molar-refractivity contribution is 5.87. The molecule has 0 radical (unpaired) electrons. The third kappa shape index (κ3) is 3.41. The lowest BCUT2D eigenvalue weighted by Gasteiger charge is -2.14. The van der Waals surface area contributed by atoms with E-state index < -0.39 is 23.5 Å². The Morgan fingerprint density at radius 1 is 1.20 bits per heavy atom. The number of nitrogens with zero attached hydrogens (tertiary/aromatic N) is 7. The minimum atomic E-state index is -4.57. The number of halogens is 3. The average molecular weight is 417 g/mol. The first-order chi connectivity index (χ1) is 14.3. The van der Waals surface area contributed by atoms with Gasteiger partial charge >= 0.3 is 6.18 Å². The summed E-state index contributed by atoms with van der Waals surface area (Å²) in [5.41, 5.74) is -0.759. The number of hydrogen-bond donors (Lipinski definition) is 1. The highest BCUT2D eigenvalue weighted by Crippen LogP contribution is 2.29. The zero-order valence-corrected chi connectivity index (χ0v) is 15.4. The molecule has 1 N–H and O–H groups in total. The van der Waals surface area contributed by atoms with Gasteiger partial charge in [-0.3, -0.25) is 14.3 Å². The van der Waals surface area contributed by atoms with Crippen LogP contribution in [0.5, 0.6) is 0 Å². The highest BCUT2D eigenvalue weighted by Gasteiger charge is 2.32. The summed E-state index contributed by atoms with van der Waals surface area (Å²) in [5, 5.41) is 13.6. The van der Waals surface area contributed by atoms with E-state index in [1.165, 1.54) is 40.4 Å². The summed E-state index contributed by atoms with van der Waals surface area (Å²) in [6.45, 7) is 1.37. The first-order valence-corrected chi connectivity index (χ1v) is 8.71. The number of hydrogen-bond acceptors (Lipinski definition) is 7. The molecule has 1 atom stereocenters. The maximum absolute atomic E-state index is 13.0. The largest absolute Gasteiger partial charge is 0.433 e. The van der Waals surface area contributed by atoms with Crippen LogP contribution < -0.4 is 5.56 Å². The Labute approximate surface area is 166 Å². The second-order valence-corrected chi connectivity index (χ2v) is 6.49. The van der Waals surface area contributed by atoms with Crippen molar-refractivity contribution in [2.75, 3.05) is 6.61 Å². The van der Waals surface area contributed by atoms with Crippen LogP contribution in [-0.4, -0.2) is 46.0 Å². The van der Waals surface area contributed by atoms with Crippen LogP contribution in [0.15, 0.2) is 48.2 Å². The molecule has 0 aliphatic carbocycles. The lowest BCUT2D eigenvalue weighted by atomic mass is 10.1. The molecule has 0 saturated heterocycles. The summed E-state index contributed by atoms with van der Waals surface area (Å²) in [5.74, 6) is 0.181. The molecular formula is C18H14F3N7O2. The van der Waals surface area contributed by atoms with Crippen LogP contribution >= 0.6 is 0 Å². The van der Waals surface area contributed by atoms with Crippen LogP contribution in [0.2, 0.25) is 0 Å². The Bertz CT molecular complexity index is 1250. The molecule has 0 unspecified atom stereocenters.